The zero-order valence-electron chi connectivity index (χ0n) is 13.3. The van der Waals surface area contributed by atoms with E-state index in [0.29, 0.717) is 34.5 Å². The molecule has 0 spiro atoms. The minimum atomic E-state index is -1.14. The Kier molecular flexibility index (Phi) is 4.93. The molecule has 0 aromatic carbocycles. The number of aliphatic hydroxyl groups is 1. The Morgan fingerprint density at radius 3 is 2.83 bits per heavy atom. The van der Waals surface area contributed by atoms with Crippen molar-refractivity contribution >= 4 is 35.4 Å². The van der Waals surface area contributed by atoms with Crippen LogP contribution < -0.4 is 0 Å². The molecular weight excluding hydrogens is 352 g/mol. The molecule has 1 amide bonds. The maximum Gasteiger partial charge on any atom is 0.352 e. The average Bonchev–Trinajstić information content (AvgIpc) is 3.00. The van der Waals surface area contributed by atoms with E-state index < -0.39 is 23.4 Å². The van der Waals surface area contributed by atoms with Gasteiger partial charge in [-0.3, -0.25) is 9.69 Å². The molecule has 2 aliphatic heterocycles. The molecule has 1 fully saturated rings. The Morgan fingerprint density at radius 1 is 1.46 bits per heavy atom. The van der Waals surface area contributed by atoms with E-state index in [2.05, 4.69) is 4.98 Å². The lowest BCUT2D eigenvalue weighted by Gasteiger charge is -2.47. The number of carbonyl (C=O) groups is 2. The first-order chi connectivity index (χ1) is 11.5. The first-order valence-electron chi connectivity index (χ1n) is 7.67. The topological polar surface area (TPSA) is 104 Å². The standard InChI is InChI=1S/C15H18N2O5S2/c1-3-8-15(22-9(4-2)16-8)24-6-7-5-23-13-11(18)12(19)17(13)10(7)14(20)21/h11,13,18H,3-6H2,1-2H3,(H,20,21)/t11-,13+/m1/s1. The Morgan fingerprint density at radius 2 is 2.21 bits per heavy atom. The van der Waals surface area contributed by atoms with Crippen LogP contribution in [0.5, 0.6) is 0 Å². The van der Waals surface area contributed by atoms with Crippen molar-refractivity contribution in [2.45, 2.75) is 43.3 Å². The molecule has 3 rings (SSSR count). The van der Waals surface area contributed by atoms with Crippen LogP contribution in [0.4, 0.5) is 0 Å². The van der Waals surface area contributed by atoms with Crippen LogP contribution in [-0.2, 0) is 22.4 Å². The number of carboxylic acid groups (broad SMARTS) is 1. The van der Waals surface area contributed by atoms with Crippen LogP contribution in [0.25, 0.3) is 0 Å². The van der Waals surface area contributed by atoms with E-state index in [1.807, 2.05) is 13.8 Å². The number of hydrogen-bond donors (Lipinski definition) is 2. The summed E-state index contributed by atoms with van der Waals surface area (Å²) in [6.45, 7) is 3.95. The van der Waals surface area contributed by atoms with Crippen molar-refractivity contribution in [3.63, 3.8) is 0 Å². The van der Waals surface area contributed by atoms with Gasteiger partial charge in [-0.15, -0.1) is 11.8 Å². The Balaban J connectivity index is 1.81. The van der Waals surface area contributed by atoms with Crippen LogP contribution in [0.1, 0.15) is 25.4 Å². The van der Waals surface area contributed by atoms with Crippen molar-refractivity contribution in [2.75, 3.05) is 11.5 Å². The molecule has 0 bridgehead atoms. The predicted molar refractivity (Wildman–Crippen MR) is 89.7 cm³/mol. The van der Waals surface area contributed by atoms with Crippen molar-refractivity contribution in [3.8, 4) is 0 Å². The molecule has 1 saturated heterocycles. The summed E-state index contributed by atoms with van der Waals surface area (Å²) in [5, 5.41) is 19.4. The third-order valence-electron chi connectivity index (χ3n) is 3.94. The van der Waals surface area contributed by atoms with Gasteiger partial charge in [-0.25, -0.2) is 9.78 Å². The smallest absolute Gasteiger partial charge is 0.352 e. The van der Waals surface area contributed by atoms with Gasteiger partial charge in [0.2, 0.25) is 0 Å². The molecule has 2 N–H and O–H groups in total. The molecule has 0 radical (unpaired) electrons. The second kappa shape index (κ2) is 6.81. The van der Waals surface area contributed by atoms with Crippen LogP contribution in [0.15, 0.2) is 20.8 Å². The zero-order valence-corrected chi connectivity index (χ0v) is 14.9. The number of carbonyl (C=O) groups excluding carboxylic acids is 1. The highest BCUT2D eigenvalue weighted by Gasteiger charge is 2.52. The van der Waals surface area contributed by atoms with Crippen LogP contribution in [-0.4, -0.2) is 55.0 Å². The van der Waals surface area contributed by atoms with Gasteiger partial charge in [0.15, 0.2) is 17.1 Å². The highest BCUT2D eigenvalue weighted by atomic mass is 32.2. The number of β-lactam (4-membered cyclic amide) rings is 1. The number of thioether (sulfide) groups is 2. The zero-order chi connectivity index (χ0) is 17.4. The normalized spacial score (nSPS) is 23.3. The third kappa shape index (κ3) is 2.84. The lowest BCUT2D eigenvalue weighted by Crippen LogP contribution is -2.64. The molecule has 0 saturated carbocycles. The first kappa shape index (κ1) is 17.4. The van der Waals surface area contributed by atoms with Gasteiger partial charge < -0.3 is 14.6 Å². The number of aliphatic hydroxyl groups excluding tert-OH is 1. The monoisotopic (exact) mass is 370 g/mol. The summed E-state index contributed by atoms with van der Waals surface area (Å²) in [7, 11) is 0. The van der Waals surface area contributed by atoms with Crippen LogP contribution >= 0.6 is 23.5 Å². The number of amides is 1. The maximum atomic E-state index is 11.8. The van der Waals surface area contributed by atoms with E-state index in [1.54, 1.807) is 0 Å². The molecule has 7 nitrogen and oxygen atoms in total. The Labute approximate surface area is 147 Å². The summed E-state index contributed by atoms with van der Waals surface area (Å²) in [5.74, 6) is -0.142. The largest absolute Gasteiger partial charge is 0.477 e. The number of hydrogen-bond acceptors (Lipinski definition) is 7. The molecule has 2 aliphatic rings. The Hall–Kier alpha value is -1.45. The number of carboxylic acids is 1. The third-order valence-corrected chi connectivity index (χ3v) is 6.34. The quantitative estimate of drug-likeness (QED) is 0.574. The van der Waals surface area contributed by atoms with E-state index in [1.165, 1.54) is 28.4 Å². The van der Waals surface area contributed by atoms with Gasteiger partial charge in [-0.1, -0.05) is 25.6 Å². The van der Waals surface area contributed by atoms with Gasteiger partial charge in [0.1, 0.15) is 11.1 Å². The van der Waals surface area contributed by atoms with Crippen molar-refractivity contribution in [1.29, 1.82) is 0 Å². The lowest BCUT2D eigenvalue weighted by molar-refractivity contribution is -0.159. The molecule has 24 heavy (non-hydrogen) atoms. The van der Waals surface area contributed by atoms with Crippen LogP contribution in [0, 0.1) is 0 Å². The van der Waals surface area contributed by atoms with E-state index in [0.717, 1.165) is 12.1 Å². The maximum absolute atomic E-state index is 11.8. The summed E-state index contributed by atoms with van der Waals surface area (Å²) < 4.78 is 5.70. The molecule has 0 aliphatic carbocycles. The number of fused-ring (bicyclic) bond motifs is 1. The number of aromatic nitrogens is 1. The minimum absolute atomic E-state index is 0.00479. The first-order valence-corrected chi connectivity index (χ1v) is 9.70. The molecule has 3 heterocycles. The summed E-state index contributed by atoms with van der Waals surface area (Å²) in [6.07, 6.45) is 0.338. The summed E-state index contributed by atoms with van der Waals surface area (Å²) in [5.41, 5.74) is 1.52. The molecular formula is C15H18N2O5S2. The van der Waals surface area contributed by atoms with E-state index in [-0.39, 0.29) is 5.70 Å². The van der Waals surface area contributed by atoms with Crippen molar-refractivity contribution < 1.29 is 24.2 Å². The van der Waals surface area contributed by atoms with Crippen LogP contribution in [0.3, 0.4) is 0 Å². The molecule has 1 aromatic rings. The fourth-order valence-corrected chi connectivity index (χ4v) is 5.12. The highest BCUT2D eigenvalue weighted by molar-refractivity contribution is 8.01. The minimum Gasteiger partial charge on any atom is -0.477 e. The van der Waals surface area contributed by atoms with E-state index in [9.17, 15) is 19.8 Å². The number of rotatable bonds is 6. The molecule has 2 atom stereocenters. The number of oxazole rings is 1. The fourth-order valence-electron chi connectivity index (χ4n) is 2.67. The van der Waals surface area contributed by atoms with E-state index in [4.69, 9.17) is 4.42 Å². The Bertz CT molecular complexity index is 715. The summed E-state index contributed by atoms with van der Waals surface area (Å²) >= 11 is 2.78. The fraction of sp³-hybridized carbons (Fsp3) is 0.533. The number of nitrogens with zero attached hydrogens (tertiary/aromatic N) is 2. The summed E-state index contributed by atoms with van der Waals surface area (Å²) in [6, 6.07) is 0. The van der Waals surface area contributed by atoms with Gasteiger partial charge in [0, 0.05) is 17.9 Å². The van der Waals surface area contributed by atoms with Gasteiger partial charge in [0.25, 0.3) is 5.91 Å². The number of aliphatic carboxylic acids is 1. The van der Waals surface area contributed by atoms with Crippen molar-refractivity contribution in [3.05, 3.63) is 22.9 Å². The SMILES string of the molecule is CCc1nc(CC)c(SCC2=C(C(=O)O)N3C(=O)[C@@H](O)[C@@H]3SC2)o1. The molecule has 130 valence electrons. The van der Waals surface area contributed by atoms with Crippen LogP contribution in [0.2, 0.25) is 0 Å². The van der Waals surface area contributed by atoms with Gasteiger partial charge in [-0.05, 0) is 12.0 Å². The predicted octanol–water partition coefficient (Wildman–Crippen LogP) is 1.51. The van der Waals surface area contributed by atoms with Gasteiger partial charge in [0.05, 0.1) is 5.69 Å². The van der Waals surface area contributed by atoms with E-state index >= 15 is 0 Å². The molecule has 0 unspecified atom stereocenters. The lowest BCUT2D eigenvalue weighted by atomic mass is 10.1. The van der Waals surface area contributed by atoms with Crippen molar-refractivity contribution in [1.82, 2.24) is 9.88 Å². The second-order valence-corrected chi connectivity index (χ2v) is 7.50. The average molecular weight is 370 g/mol. The van der Waals surface area contributed by atoms with Gasteiger partial charge >= 0.3 is 5.97 Å². The summed E-state index contributed by atoms with van der Waals surface area (Å²) in [4.78, 5) is 29.0. The molecule has 1 aromatic heterocycles. The second-order valence-electron chi connectivity index (χ2n) is 5.45. The molecule has 9 heteroatoms. The highest BCUT2D eigenvalue weighted by Crippen LogP contribution is 2.41. The number of aryl methyl sites for hydroxylation is 2. The van der Waals surface area contributed by atoms with Gasteiger partial charge in [-0.2, -0.15) is 0 Å². The van der Waals surface area contributed by atoms with Crippen molar-refractivity contribution in [2.24, 2.45) is 0 Å².